The van der Waals surface area contributed by atoms with Gasteiger partial charge in [-0.15, -0.1) is 0 Å². The lowest BCUT2D eigenvalue weighted by Crippen LogP contribution is -2.40. The Morgan fingerprint density at radius 1 is 1.41 bits per heavy atom. The second-order valence-corrected chi connectivity index (χ2v) is 3.98. The zero-order valence-corrected chi connectivity index (χ0v) is 9.29. The number of ether oxygens (including phenoxy) is 1. The van der Waals surface area contributed by atoms with Gasteiger partial charge in [0.2, 0.25) is 0 Å². The van der Waals surface area contributed by atoms with Crippen molar-refractivity contribution in [3.63, 3.8) is 0 Å². The predicted octanol–water partition coefficient (Wildman–Crippen LogP) is 2.15. The average molecular weight is 246 g/mol. The standard InChI is InChI=1S/C11H13F3N2O/c1-7-10(15-4-5-17-7)9-3-2-8(6-16-9)11(12,13)14/h2-3,6-7,10,15H,4-5H2,1H3/t7-,10?/m0/s1. The summed E-state index contributed by atoms with van der Waals surface area (Å²) in [6, 6.07) is 2.29. The van der Waals surface area contributed by atoms with Crippen LogP contribution in [0.5, 0.6) is 0 Å². The van der Waals surface area contributed by atoms with Crippen molar-refractivity contribution >= 4 is 0 Å². The second kappa shape index (κ2) is 4.62. The molecule has 1 aromatic heterocycles. The predicted molar refractivity (Wildman–Crippen MR) is 55.4 cm³/mol. The largest absolute Gasteiger partial charge is 0.417 e. The molecule has 0 aromatic carbocycles. The summed E-state index contributed by atoms with van der Waals surface area (Å²) in [7, 11) is 0. The van der Waals surface area contributed by atoms with E-state index in [1.807, 2.05) is 6.92 Å². The van der Waals surface area contributed by atoms with E-state index in [4.69, 9.17) is 4.74 Å². The highest BCUT2D eigenvalue weighted by Gasteiger charge is 2.31. The van der Waals surface area contributed by atoms with Crippen LogP contribution >= 0.6 is 0 Å². The molecule has 1 aliphatic rings. The number of pyridine rings is 1. The summed E-state index contributed by atoms with van der Waals surface area (Å²) in [6.45, 7) is 3.16. The van der Waals surface area contributed by atoms with E-state index in [2.05, 4.69) is 10.3 Å². The topological polar surface area (TPSA) is 34.1 Å². The molecule has 1 aliphatic heterocycles. The zero-order valence-electron chi connectivity index (χ0n) is 9.29. The fourth-order valence-corrected chi connectivity index (χ4v) is 1.82. The Labute approximate surface area is 97.0 Å². The molecule has 17 heavy (non-hydrogen) atoms. The van der Waals surface area contributed by atoms with Crippen molar-refractivity contribution in [3.05, 3.63) is 29.6 Å². The van der Waals surface area contributed by atoms with Crippen LogP contribution in [0, 0.1) is 0 Å². The van der Waals surface area contributed by atoms with Gasteiger partial charge in [0.15, 0.2) is 0 Å². The van der Waals surface area contributed by atoms with Gasteiger partial charge in [-0.2, -0.15) is 13.2 Å². The first-order chi connectivity index (χ1) is 7.98. The zero-order chi connectivity index (χ0) is 12.5. The lowest BCUT2D eigenvalue weighted by atomic mass is 10.1. The van der Waals surface area contributed by atoms with E-state index in [-0.39, 0.29) is 12.1 Å². The van der Waals surface area contributed by atoms with E-state index in [1.54, 1.807) is 0 Å². The molecule has 3 nitrogen and oxygen atoms in total. The highest BCUT2D eigenvalue weighted by Crippen LogP contribution is 2.29. The number of morpholine rings is 1. The molecule has 0 radical (unpaired) electrons. The van der Waals surface area contributed by atoms with E-state index in [1.165, 1.54) is 6.07 Å². The quantitative estimate of drug-likeness (QED) is 0.824. The van der Waals surface area contributed by atoms with Crippen molar-refractivity contribution < 1.29 is 17.9 Å². The highest BCUT2D eigenvalue weighted by molar-refractivity contribution is 5.19. The fourth-order valence-electron chi connectivity index (χ4n) is 1.82. The van der Waals surface area contributed by atoms with Crippen LogP contribution in [0.15, 0.2) is 18.3 Å². The second-order valence-electron chi connectivity index (χ2n) is 3.98. The van der Waals surface area contributed by atoms with Crippen LogP contribution < -0.4 is 5.32 Å². The fraction of sp³-hybridized carbons (Fsp3) is 0.545. The third-order valence-electron chi connectivity index (χ3n) is 2.75. The number of rotatable bonds is 1. The first kappa shape index (κ1) is 12.3. The lowest BCUT2D eigenvalue weighted by Gasteiger charge is -2.29. The minimum absolute atomic E-state index is 0.0898. The molecule has 0 spiro atoms. The van der Waals surface area contributed by atoms with Gasteiger partial charge in [0.1, 0.15) is 0 Å². The highest BCUT2D eigenvalue weighted by atomic mass is 19.4. The molecule has 0 aliphatic carbocycles. The van der Waals surface area contributed by atoms with Crippen LogP contribution in [-0.2, 0) is 10.9 Å². The lowest BCUT2D eigenvalue weighted by molar-refractivity contribution is -0.137. The Balaban J connectivity index is 2.17. The normalized spacial score (nSPS) is 25.9. The van der Waals surface area contributed by atoms with Crippen molar-refractivity contribution in [2.75, 3.05) is 13.2 Å². The Bertz CT molecular complexity index is 377. The number of alkyl halides is 3. The molecule has 1 N–H and O–H groups in total. The molecule has 1 saturated heterocycles. The molecule has 2 atom stereocenters. The number of nitrogens with one attached hydrogen (secondary N) is 1. The summed E-state index contributed by atoms with van der Waals surface area (Å²) < 4.78 is 42.5. The maximum atomic E-state index is 12.4. The summed E-state index contributed by atoms with van der Waals surface area (Å²) >= 11 is 0. The molecule has 1 fully saturated rings. The van der Waals surface area contributed by atoms with Crippen LogP contribution in [0.25, 0.3) is 0 Å². The minimum Gasteiger partial charge on any atom is -0.375 e. The molecule has 94 valence electrons. The molecule has 2 rings (SSSR count). The summed E-state index contributed by atoms with van der Waals surface area (Å²) in [6.07, 6.45) is -3.57. The summed E-state index contributed by atoms with van der Waals surface area (Å²) in [5, 5.41) is 3.17. The van der Waals surface area contributed by atoms with Crippen LogP contribution in [0.2, 0.25) is 0 Å². The van der Waals surface area contributed by atoms with E-state index in [0.717, 1.165) is 12.3 Å². The molecular weight excluding hydrogens is 233 g/mol. The molecule has 0 saturated carbocycles. The van der Waals surface area contributed by atoms with Gasteiger partial charge in [-0.05, 0) is 19.1 Å². The van der Waals surface area contributed by atoms with E-state index >= 15 is 0 Å². The molecule has 0 amide bonds. The van der Waals surface area contributed by atoms with Crippen molar-refractivity contribution in [1.82, 2.24) is 10.3 Å². The van der Waals surface area contributed by atoms with Gasteiger partial charge in [-0.1, -0.05) is 0 Å². The van der Waals surface area contributed by atoms with Crippen molar-refractivity contribution in [3.8, 4) is 0 Å². The van der Waals surface area contributed by atoms with Gasteiger partial charge in [-0.25, -0.2) is 0 Å². The maximum absolute atomic E-state index is 12.4. The van der Waals surface area contributed by atoms with E-state index in [9.17, 15) is 13.2 Å². The van der Waals surface area contributed by atoms with Crippen LogP contribution in [0.3, 0.4) is 0 Å². The number of halogens is 3. The van der Waals surface area contributed by atoms with Crippen LogP contribution in [0.4, 0.5) is 13.2 Å². The van der Waals surface area contributed by atoms with Gasteiger partial charge in [0, 0.05) is 12.7 Å². The van der Waals surface area contributed by atoms with Gasteiger partial charge in [0.25, 0.3) is 0 Å². The van der Waals surface area contributed by atoms with Crippen LogP contribution in [0.1, 0.15) is 24.2 Å². The van der Waals surface area contributed by atoms with Crippen LogP contribution in [-0.4, -0.2) is 24.2 Å². The first-order valence-corrected chi connectivity index (χ1v) is 5.36. The smallest absolute Gasteiger partial charge is 0.375 e. The van der Waals surface area contributed by atoms with E-state index in [0.29, 0.717) is 18.8 Å². The third-order valence-corrected chi connectivity index (χ3v) is 2.75. The minimum atomic E-state index is -4.34. The van der Waals surface area contributed by atoms with Gasteiger partial charge in [0.05, 0.1) is 30.0 Å². The van der Waals surface area contributed by atoms with Gasteiger partial charge < -0.3 is 10.1 Å². The number of nitrogens with zero attached hydrogens (tertiary/aromatic N) is 1. The average Bonchev–Trinajstić information content (AvgIpc) is 2.29. The number of hydrogen-bond donors (Lipinski definition) is 1. The Hall–Kier alpha value is -1.14. The SMILES string of the molecule is C[C@@H]1OCCNC1c1ccc(C(F)(F)F)cn1. The van der Waals surface area contributed by atoms with Crippen molar-refractivity contribution in [2.24, 2.45) is 0 Å². The third kappa shape index (κ3) is 2.76. The summed E-state index contributed by atoms with van der Waals surface area (Å²) in [5.41, 5.74) is -0.157. The maximum Gasteiger partial charge on any atom is 0.417 e. The molecule has 1 unspecified atom stereocenters. The molecule has 1 aromatic rings. The Morgan fingerprint density at radius 3 is 2.71 bits per heavy atom. The first-order valence-electron chi connectivity index (χ1n) is 5.36. The van der Waals surface area contributed by atoms with Crippen molar-refractivity contribution in [2.45, 2.75) is 25.2 Å². The molecule has 2 heterocycles. The van der Waals surface area contributed by atoms with Gasteiger partial charge >= 0.3 is 6.18 Å². The Kier molecular flexibility index (Phi) is 3.35. The number of hydrogen-bond acceptors (Lipinski definition) is 3. The number of aromatic nitrogens is 1. The van der Waals surface area contributed by atoms with Crippen molar-refractivity contribution in [1.29, 1.82) is 0 Å². The monoisotopic (exact) mass is 246 g/mol. The molecular formula is C11H13F3N2O. The molecule has 6 heteroatoms. The summed E-state index contributed by atoms with van der Waals surface area (Å²) in [5.74, 6) is 0. The van der Waals surface area contributed by atoms with E-state index < -0.39 is 11.7 Å². The Morgan fingerprint density at radius 2 is 2.18 bits per heavy atom. The van der Waals surface area contributed by atoms with Gasteiger partial charge in [-0.3, -0.25) is 4.98 Å². The molecule has 0 bridgehead atoms. The summed E-state index contributed by atoms with van der Waals surface area (Å²) in [4.78, 5) is 3.86.